The molecule has 0 aliphatic heterocycles. The van der Waals surface area contributed by atoms with Crippen molar-refractivity contribution >= 4 is 27.5 Å². The van der Waals surface area contributed by atoms with Gasteiger partial charge in [-0.1, -0.05) is 23.7 Å². The molecule has 0 atom stereocenters. The Hall–Kier alpha value is -1.33. The van der Waals surface area contributed by atoms with Crippen molar-refractivity contribution in [1.29, 1.82) is 0 Å². The maximum absolute atomic E-state index is 11.5. The fraction of sp³-hybridized carbons (Fsp3) is 0.0909. The van der Waals surface area contributed by atoms with Gasteiger partial charge in [0.15, 0.2) is 0 Å². The van der Waals surface area contributed by atoms with E-state index in [2.05, 4.69) is 20.9 Å². The molecule has 1 aromatic carbocycles. The highest BCUT2D eigenvalue weighted by molar-refractivity contribution is 9.10. The summed E-state index contributed by atoms with van der Waals surface area (Å²) in [5.74, 6) is 0. The molecule has 2 rings (SSSR count). The first kappa shape index (κ1) is 12.1. The van der Waals surface area contributed by atoms with E-state index in [9.17, 15) is 9.59 Å². The molecule has 0 bridgehead atoms. The van der Waals surface area contributed by atoms with Crippen LogP contribution in [0.5, 0.6) is 0 Å². The highest BCUT2D eigenvalue weighted by Gasteiger charge is 2.03. The van der Waals surface area contributed by atoms with Crippen molar-refractivity contribution in [2.45, 2.75) is 6.54 Å². The molecule has 0 saturated heterocycles. The number of aromatic amines is 1. The summed E-state index contributed by atoms with van der Waals surface area (Å²) in [6.07, 6.45) is 1.46. The first-order valence-electron chi connectivity index (χ1n) is 4.80. The minimum absolute atomic E-state index is 0.319. The largest absolute Gasteiger partial charge is 0.328 e. The van der Waals surface area contributed by atoms with Crippen molar-refractivity contribution in [3.05, 3.63) is 66.4 Å². The predicted octanol–water partition coefficient (Wildman–Crippen LogP) is 2.00. The van der Waals surface area contributed by atoms with E-state index >= 15 is 0 Å². The number of benzene rings is 1. The molecule has 4 nitrogen and oxygen atoms in total. The third-order valence-electron chi connectivity index (χ3n) is 2.21. The Morgan fingerprint density at radius 3 is 2.82 bits per heavy atom. The van der Waals surface area contributed by atoms with Crippen LogP contribution >= 0.6 is 27.5 Å². The van der Waals surface area contributed by atoms with Gasteiger partial charge in [-0.2, -0.15) is 0 Å². The molecule has 0 amide bonds. The predicted molar refractivity (Wildman–Crippen MR) is 69.6 cm³/mol. The Kier molecular flexibility index (Phi) is 3.49. The molecule has 2 aromatic rings. The lowest BCUT2D eigenvalue weighted by molar-refractivity contribution is 0.716. The van der Waals surface area contributed by atoms with Crippen LogP contribution in [0.25, 0.3) is 0 Å². The molecule has 0 spiro atoms. The van der Waals surface area contributed by atoms with Crippen LogP contribution in [0.2, 0.25) is 5.02 Å². The summed E-state index contributed by atoms with van der Waals surface area (Å²) < 4.78 is 1.72. The Morgan fingerprint density at radius 1 is 1.35 bits per heavy atom. The zero-order valence-corrected chi connectivity index (χ0v) is 11.0. The third-order valence-corrected chi connectivity index (χ3v) is 3.01. The van der Waals surface area contributed by atoms with Crippen molar-refractivity contribution in [3.63, 3.8) is 0 Å². The van der Waals surface area contributed by atoms with E-state index in [-0.39, 0.29) is 0 Å². The van der Waals surface area contributed by atoms with Gasteiger partial charge < -0.3 is 0 Å². The molecule has 6 heteroatoms. The summed E-state index contributed by atoms with van der Waals surface area (Å²) >= 11 is 8.93. The molecule has 88 valence electrons. The number of rotatable bonds is 2. The van der Waals surface area contributed by atoms with Gasteiger partial charge in [0.05, 0.1) is 11.0 Å². The zero-order valence-electron chi connectivity index (χ0n) is 8.61. The zero-order chi connectivity index (χ0) is 12.4. The van der Waals surface area contributed by atoms with Gasteiger partial charge in [-0.3, -0.25) is 14.3 Å². The number of H-pyrrole nitrogens is 1. The van der Waals surface area contributed by atoms with Crippen LogP contribution in [-0.4, -0.2) is 9.55 Å². The van der Waals surface area contributed by atoms with Gasteiger partial charge >= 0.3 is 5.69 Å². The van der Waals surface area contributed by atoms with E-state index in [0.717, 1.165) is 5.56 Å². The highest BCUT2D eigenvalue weighted by atomic mass is 79.9. The molecule has 17 heavy (non-hydrogen) atoms. The first-order chi connectivity index (χ1) is 8.06. The average molecular weight is 316 g/mol. The Morgan fingerprint density at radius 2 is 2.12 bits per heavy atom. The summed E-state index contributed by atoms with van der Waals surface area (Å²) in [6, 6.07) is 7.20. The van der Waals surface area contributed by atoms with Crippen LogP contribution in [-0.2, 0) is 6.54 Å². The van der Waals surface area contributed by atoms with Gasteiger partial charge in [0, 0.05) is 11.2 Å². The Balaban J connectivity index is 2.40. The first-order valence-corrected chi connectivity index (χ1v) is 5.97. The SMILES string of the molecule is O=c1[nH]c(=O)n(Cc2cccc(Cl)c2)cc1Br. The lowest BCUT2D eigenvalue weighted by Gasteiger charge is -2.05. The Labute approximate surface area is 110 Å². The summed E-state index contributed by atoms with van der Waals surface area (Å²) in [6.45, 7) is 0.356. The van der Waals surface area contributed by atoms with Gasteiger partial charge in [0.1, 0.15) is 0 Å². The highest BCUT2D eigenvalue weighted by Crippen LogP contribution is 2.11. The van der Waals surface area contributed by atoms with Crippen molar-refractivity contribution in [2.24, 2.45) is 0 Å². The summed E-state index contributed by atoms with van der Waals surface area (Å²) in [5, 5.41) is 0.610. The number of nitrogens with zero attached hydrogens (tertiary/aromatic N) is 1. The number of hydrogen-bond acceptors (Lipinski definition) is 2. The summed E-state index contributed by atoms with van der Waals surface area (Å²) in [4.78, 5) is 24.9. The van der Waals surface area contributed by atoms with Gasteiger partial charge in [-0.25, -0.2) is 4.79 Å². The minimum atomic E-state index is -0.446. The summed E-state index contributed by atoms with van der Waals surface area (Å²) in [7, 11) is 0. The van der Waals surface area contributed by atoms with E-state index in [1.807, 2.05) is 12.1 Å². The van der Waals surface area contributed by atoms with E-state index in [1.54, 1.807) is 12.1 Å². The summed E-state index contributed by atoms with van der Waals surface area (Å²) in [5.41, 5.74) is 0.00840. The molecule has 0 saturated carbocycles. The molecule has 0 aliphatic carbocycles. The normalized spacial score (nSPS) is 10.5. The van der Waals surface area contributed by atoms with Crippen molar-refractivity contribution in [1.82, 2.24) is 9.55 Å². The van der Waals surface area contributed by atoms with Crippen LogP contribution in [0.4, 0.5) is 0 Å². The minimum Gasteiger partial charge on any atom is -0.295 e. The van der Waals surface area contributed by atoms with Crippen LogP contribution in [0, 0.1) is 0 Å². The monoisotopic (exact) mass is 314 g/mol. The average Bonchev–Trinajstić information content (AvgIpc) is 2.26. The van der Waals surface area contributed by atoms with Gasteiger partial charge in [0.2, 0.25) is 0 Å². The van der Waals surface area contributed by atoms with E-state index in [0.29, 0.717) is 16.0 Å². The molecule has 0 radical (unpaired) electrons. The van der Waals surface area contributed by atoms with Crippen LogP contribution in [0.3, 0.4) is 0 Å². The second-order valence-corrected chi connectivity index (χ2v) is 4.78. The molecule has 0 fully saturated rings. The lowest BCUT2D eigenvalue weighted by atomic mass is 10.2. The fourth-order valence-electron chi connectivity index (χ4n) is 1.43. The van der Waals surface area contributed by atoms with E-state index in [4.69, 9.17) is 11.6 Å². The molecule has 0 unspecified atom stereocenters. The van der Waals surface area contributed by atoms with Crippen LogP contribution < -0.4 is 11.2 Å². The van der Waals surface area contributed by atoms with Crippen molar-refractivity contribution in [3.8, 4) is 0 Å². The van der Waals surface area contributed by atoms with Crippen molar-refractivity contribution in [2.75, 3.05) is 0 Å². The smallest absolute Gasteiger partial charge is 0.295 e. The Bertz CT molecular complexity index is 663. The molecule has 0 aliphatic rings. The molecule has 1 aromatic heterocycles. The van der Waals surface area contributed by atoms with E-state index in [1.165, 1.54) is 10.8 Å². The quantitative estimate of drug-likeness (QED) is 0.921. The molecule has 1 N–H and O–H groups in total. The van der Waals surface area contributed by atoms with Crippen molar-refractivity contribution < 1.29 is 0 Å². The second-order valence-electron chi connectivity index (χ2n) is 3.49. The number of halogens is 2. The number of hydrogen-bond donors (Lipinski definition) is 1. The maximum Gasteiger partial charge on any atom is 0.328 e. The van der Waals surface area contributed by atoms with Crippen LogP contribution in [0.15, 0.2) is 44.5 Å². The topological polar surface area (TPSA) is 54.9 Å². The third kappa shape index (κ3) is 2.87. The molecular weight excluding hydrogens is 307 g/mol. The van der Waals surface area contributed by atoms with Gasteiger partial charge in [-0.05, 0) is 33.6 Å². The van der Waals surface area contributed by atoms with E-state index < -0.39 is 11.2 Å². The second kappa shape index (κ2) is 4.89. The fourth-order valence-corrected chi connectivity index (χ4v) is 1.99. The maximum atomic E-state index is 11.5. The van der Waals surface area contributed by atoms with Gasteiger partial charge in [0.25, 0.3) is 5.56 Å². The number of nitrogens with one attached hydrogen (secondary N) is 1. The van der Waals surface area contributed by atoms with Gasteiger partial charge in [-0.15, -0.1) is 0 Å². The molecule has 1 heterocycles. The standard InChI is InChI=1S/C11H8BrClN2O2/c12-9-6-15(11(17)14-10(9)16)5-7-2-1-3-8(13)4-7/h1-4,6H,5H2,(H,14,16,17). The molecular formula is C11H8BrClN2O2. The lowest BCUT2D eigenvalue weighted by Crippen LogP contribution is -2.30. The number of aromatic nitrogens is 2. The van der Waals surface area contributed by atoms with Crippen LogP contribution in [0.1, 0.15) is 5.56 Å².